The second-order valence-corrected chi connectivity index (χ2v) is 5.79. The molecule has 0 fully saturated rings. The zero-order chi connectivity index (χ0) is 14.4. The van der Waals surface area contributed by atoms with Crippen molar-refractivity contribution in [3.8, 4) is 0 Å². The van der Waals surface area contributed by atoms with Crippen LogP contribution in [0, 0.1) is 6.92 Å². The van der Waals surface area contributed by atoms with Crippen LogP contribution >= 0.6 is 0 Å². The van der Waals surface area contributed by atoms with Crippen molar-refractivity contribution in [2.24, 2.45) is 5.73 Å². The van der Waals surface area contributed by atoms with Crippen LogP contribution in [0.1, 0.15) is 51.7 Å². The molecule has 0 bridgehead atoms. The Morgan fingerprint density at radius 2 is 1.89 bits per heavy atom. The van der Waals surface area contributed by atoms with E-state index < -0.39 is 0 Å². The highest BCUT2D eigenvalue weighted by Crippen LogP contribution is 2.25. The quantitative estimate of drug-likeness (QED) is 0.807. The summed E-state index contributed by atoms with van der Waals surface area (Å²) in [6, 6.07) is 7.57. The smallest absolute Gasteiger partial charge is 0.0401 e. The topological polar surface area (TPSA) is 29.3 Å². The highest BCUT2D eigenvalue weighted by molar-refractivity contribution is 5.56. The third-order valence-corrected chi connectivity index (χ3v) is 3.64. The molecule has 1 unspecified atom stereocenters. The molecule has 0 radical (unpaired) electrons. The molecule has 1 aromatic rings. The van der Waals surface area contributed by atoms with Crippen molar-refractivity contribution >= 4 is 5.69 Å². The van der Waals surface area contributed by atoms with Crippen molar-refractivity contribution in [2.75, 3.05) is 11.4 Å². The van der Waals surface area contributed by atoms with E-state index >= 15 is 0 Å². The largest absolute Gasteiger partial charge is 0.369 e. The summed E-state index contributed by atoms with van der Waals surface area (Å²) in [5.74, 6) is 0. The standard InChI is InChI=1S/C17H30N2/c1-6-10-19(13(3)4)17-9-8-14(5)11-15(17)12-16(18)7-2/h8-9,11,13,16H,6-7,10,12,18H2,1-5H3. The fourth-order valence-corrected chi connectivity index (χ4v) is 2.48. The zero-order valence-corrected chi connectivity index (χ0v) is 13.2. The van der Waals surface area contributed by atoms with Crippen molar-refractivity contribution in [1.82, 2.24) is 0 Å². The number of nitrogens with two attached hydrogens (primary N) is 1. The molecule has 2 nitrogen and oxygen atoms in total. The van der Waals surface area contributed by atoms with Gasteiger partial charge in [0.15, 0.2) is 0 Å². The number of rotatable bonds is 7. The Hall–Kier alpha value is -1.02. The van der Waals surface area contributed by atoms with Crippen molar-refractivity contribution in [2.45, 2.75) is 66.0 Å². The van der Waals surface area contributed by atoms with Gasteiger partial charge in [-0.25, -0.2) is 0 Å². The van der Waals surface area contributed by atoms with Crippen LogP contribution < -0.4 is 10.6 Å². The molecule has 0 aliphatic carbocycles. The third-order valence-electron chi connectivity index (χ3n) is 3.64. The Kier molecular flexibility index (Phi) is 6.36. The SMILES string of the molecule is CCCN(c1ccc(C)cc1CC(N)CC)C(C)C. The average Bonchev–Trinajstić information content (AvgIpc) is 2.36. The first-order valence-corrected chi connectivity index (χ1v) is 7.61. The van der Waals surface area contributed by atoms with E-state index in [0.29, 0.717) is 6.04 Å². The van der Waals surface area contributed by atoms with Gasteiger partial charge in [-0.05, 0) is 51.7 Å². The molecule has 0 aliphatic heterocycles. The lowest BCUT2D eigenvalue weighted by Crippen LogP contribution is -2.33. The molecule has 19 heavy (non-hydrogen) atoms. The summed E-state index contributed by atoms with van der Waals surface area (Å²) in [4.78, 5) is 2.50. The number of hydrogen-bond donors (Lipinski definition) is 1. The number of hydrogen-bond acceptors (Lipinski definition) is 2. The second-order valence-electron chi connectivity index (χ2n) is 5.79. The molecule has 0 amide bonds. The molecule has 0 aromatic heterocycles. The van der Waals surface area contributed by atoms with Gasteiger partial charge in [0.05, 0.1) is 0 Å². The molecular formula is C17H30N2. The van der Waals surface area contributed by atoms with Gasteiger partial charge in [0.1, 0.15) is 0 Å². The van der Waals surface area contributed by atoms with Crippen LogP contribution in [0.4, 0.5) is 5.69 Å². The molecule has 1 rings (SSSR count). The van der Waals surface area contributed by atoms with E-state index in [2.05, 4.69) is 57.7 Å². The number of nitrogens with zero attached hydrogens (tertiary/aromatic N) is 1. The van der Waals surface area contributed by atoms with Crippen LogP contribution in [-0.2, 0) is 6.42 Å². The molecule has 2 heteroatoms. The van der Waals surface area contributed by atoms with Gasteiger partial charge in [-0.2, -0.15) is 0 Å². The zero-order valence-electron chi connectivity index (χ0n) is 13.2. The first kappa shape index (κ1) is 16.0. The van der Waals surface area contributed by atoms with E-state index in [0.717, 1.165) is 19.4 Å². The van der Waals surface area contributed by atoms with Crippen molar-refractivity contribution in [3.05, 3.63) is 29.3 Å². The number of benzene rings is 1. The maximum absolute atomic E-state index is 6.16. The molecule has 0 aliphatic rings. The lowest BCUT2D eigenvalue weighted by molar-refractivity contribution is 0.632. The Bertz CT molecular complexity index is 385. The predicted molar refractivity (Wildman–Crippen MR) is 85.9 cm³/mol. The van der Waals surface area contributed by atoms with Crippen LogP contribution in [0.2, 0.25) is 0 Å². The molecule has 1 aromatic carbocycles. The fourth-order valence-electron chi connectivity index (χ4n) is 2.48. The summed E-state index contributed by atoms with van der Waals surface area (Å²) in [6.07, 6.45) is 3.18. The van der Waals surface area contributed by atoms with Gasteiger partial charge >= 0.3 is 0 Å². The minimum Gasteiger partial charge on any atom is -0.369 e. The minimum absolute atomic E-state index is 0.260. The van der Waals surface area contributed by atoms with Crippen molar-refractivity contribution in [3.63, 3.8) is 0 Å². The van der Waals surface area contributed by atoms with E-state index in [9.17, 15) is 0 Å². The van der Waals surface area contributed by atoms with Gasteiger partial charge in [-0.3, -0.25) is 0 Å². The molecule has 0 heterocycles. The summed E-state index contributed by atoms with van der Waals surface area (Å²) < 4.78 is 0. The normalized spacial score (nSPS) is 12.8. The summed E-state index contributed by atoms with van der Waals surface area (Å²) in [7, 11) is 0. The van der Waals surface area contributed by atoms with Gasteiger partial charge in [-0.15, -0.1) is 0 Å². The van der Waals surface area contributed by atoms with Crippen LogP contribution in [0.3, 0.4) is 0 Å². The molecule has 0 spiro atoms. The van der Waals surface area contributed by atoms with Crippen molar-refractivity contribution < 1.29 is 0 Å². The van der Waals surface area contributed by atoms with Crippen molar-refractivity contribution in [1.29, 1.82) is 0 Å². The van der Waals surface area contributed by atoms with Gasteiger partial charge in [0.2, 0.25) is 0 Å². The maximum Gasteiger partial charge on any atom is 0.0401 e. The Labute approximate surface area is 119 Å². The molecule has 0 saturated carbocycles. The van der Waals surface area contributed by atoms with Gasteiger partial charge in [0.25, 0.3) is 0 Å². The summed E-state index contributed by atoms with van der Waals surface area (Å²) in [5, 5.41) is 0. The lowest BCUT2D eigenvalue weighted by Gasteiger charge is -2.31. The summed E-state index contributed by atoms with van der Waals surface area (Å²) in [6.45, 7) is 12.2. The van der Waals surface area contributed by atoms with E-state index in [4.69, 9.17) is 5.73 Å². The Morgan fingerprint density at radius 1 is 1.21 bits per heavy atom. The molecule has 108 valence electrons. The molecule has 0 saturated heterocycles. The van der Waals surface area contributed by atoms with Gasteiger partial charge in [0, 0.05) is 24.3 Å². The molecule has 1 atom stereocenters. The second kappa shape index (κ2) is 7.54. The summed E-state index contributed by atoms with van der Waals surface area (Å²) >= 11 is 0. The van der Waals surface area contributed by atoms with E-state index in [1.807, 2.05) is 0 Å². The fraction of sp³-hybridized carbons (Fsp3) is 0.647. The monoisotopic (exact) mass is 262 g/mol. The molecular weight excluding hydrogens is 232 g/mol. The first-order valence-electron chi connectivity index (χ1n) is 7.61. The van der Waals surface area contributed by atoms with E-state index in [1.54, 1.807) is 0 Å². The van der Waals surface area contributed by atoms with Crippen LogP contribution in [0.25, 0.3) is 0 Å². The van der Waals surface area contributed by atoms with Crippen LogP contribution in [-0.4, -0.2) is 18.6 Å². The van der Waals surface area contributed by atoms with E-state index in [1.165, 1.54) is 23.2 Å². The highest BCUT2D eigenvalue weighted by atomic mass is 15.1. The van der Waals surface area contributed by atoms with Crippen LogP contribution in [0.15, 0.2) is 18.2 Å². The number of anilines is 1. The average molecular weight is 262 g/mol. The summed E-state index contributed by atoms with van der Waals surface area (Å²) in [5.41, 5.74) is 10.2. The van der Waals surface area contributed by atoms with Crippen LogP contribution in [0.5, 0.6) is 0 Å². The third kappa shape index (κ3) is 4.54. The Morgan fingerprint density at radius 3 is 2.42 bits per heavy atom. The van der Waals surface area contributed by atoms with E-state index in [-0.39, 0.29) is 6.04 Å². The predicted octanol–water partition coefficient (Wildman–Crippen LogP) is 3.90. The maximum atomic E-state index is 6.16. The number of aryl methyl sites for hydroxylation is 1. The van der Waals surface area contributed by atoms with Gasteiger partial charge < -0.3 is 10.6 Å². The first-order chi connectivity index (χ1) is 8.99. The Balaban J connectivity index is 3.09. The highest BCUT2D eigenvalue weighted by Gasteiger charge is 2.15. The van der Waals surface area contributed by atoms with Gasteiger partial charge in [-0.1, -0.05) is 31.5 Å². The molecule has 2 N–H and O–H groups in total. The lowest BCUT2D eigenvalue weighted by atomic mass is 9.99. The minimum atomic E-state index is 0.260.